The third-order valence-electron chi connectivity index (χ3n) is 6.20. The molecule has 4 nitrogen and oxygen atoms in total. The second kappa shape index (κ2) is 9.00. The summed E-state index contributed by atoms with van der Waals surface area (Å²) in [5.74, 6) is 1.79. The van der Waals surface area contributed by atoms with Gasteiger partial charge in [0.1, 0.15) is 16.8 Å². The number of benzene rings is 1. The number of amides is 1. The van der Waals surface area contributed by atoms with Crippen molar-refractivity contribution in [2.24, 2.45) is 5.92 Å². The number of anilines is 1. The van der Waals surface area contributed by atoms with Crippen LogP contribution in [0.15, 0.2) is 24.3 Å². The van der Waals surface area contributed by atoms with Crippen molar-refractivity contribution < 1.29 is 9.53 Å². The van der Waals surface area contributed by atoms with Crippen LogP contribution in [0.1, 0.15) is 72.9 Å². The summed E-state index contributed by atoms with van der Waals surface area (Å²) in [5.41, 5.74) is 3.14. The molecule has 1 heterocycles. The summed E-state index contributed by atoms with van der Waals surface area (Å²) in [6.07, 6.45) is 9.56. The Bertz CT molecular complexity index is 904. The highest BCUT2D eigenvalue weighted by molar-refractivity contribution is 7.16. The fourth-order valence-corrected chi connectivity index (χ4v) is 5.92. The fourth-order valence-electron chi connectivity index (χ4n) is 4.54. The second-order valence-corrected chi connectivity index (χ2v) is 9.51. The zero-order chi connectivity index (χ0) is 20.2. The number of ether oxygens (including phenoxy) is 1. The molecular formula is C24H28N2O2S. The normalized spacial score (nSPS) is 19.2. The number of nitriles is 1. The predicted molar refractivity (Wildman–Crippen MR) is 117 cm³/mol. The summed E-state index contributed by atoms with van der Waals surface area (Å²) in [4.78, 5) is 13.7. The predicted octanol–water partition coefficient (Wildman–Crippen LogP) is 5.81. The van der Waals surface area contributed by atoms with E-state index in [-0.39, 0.29) is 12.5 Å². The Morgan fingerprint density at radius 2 is 1.97 bits per heavy atom. The van der Waals surface area contributed by atoms with E-state index in [4.69, 9.17) is 4.74 Å². The van der Waals surface area contributed by atoms with Gasteiger partial charge in [0.05, 0.1) is 5.56 Å². The minimum atomic E-state index is -0.218. The van der Waals surface area contributed by atoms with Gasteiger partial charge in [-0.25, -0.2) is 0 Å². The number of hydrogen-bond acceptors (Lipinski definition) is 4. The maximum Gasteiger partial charge on any atom is 0.262 e. The highest BCUT2D eigenvalue weighted by Gasteiger charge is 2.24. The first kappa shape index (κ1) is 20.0. The van der Waals surface area contributed by atoms with Crippen molar-refractivity contribution in [3.63, 3.8) is 0 Å². The van der Waals surface area contributed by atoms with Gasteiger partial charge in [0.25, 0.3) is 5.91 Å². The van der Waals surface area contributed by atoms with Gasteiger partial charge in [-0.05, 0) is 67.2 Å². The second-order valence-electron chi connectivity index (χ2n) is 8.41. The van der Waals surface area contributed by atoms with E-state index in [1.54, 1.807) is 11.3 Å². The zero-order valence-corrected chi connectivity index (χ0v) is 17.8. The van der Waals surface area contributed by atoms with Crippen LogP contribution in [0.25, 0.3) is 0 Å². The standard InChI is InChI=1S/C24H28N2O2S/c1-16-7-12-20-21(14-25)24(29-22(20)13-16)26-23(27)15-28-19-10-8-18(9-11-19)17-5-3-2-4-6-17/h8-11,16-17H,2-7,12-13,15H2,1H3,(H,26,27). The van der Waals surface area contributed by atoms with E-state index in [1.807, 2.05) is 12.1 Å². The Kier molecular flexibility index (Phi) is 6.20. The number of thiophene rings is 1. The molecule has 1 amide bonds. The molecule has 4 rings (SSSR count). The van der Waals surface area contributed by atoms with Crippen LogP contribution in [0.5, 0.6) is 5.75 Å². The van der Waals surface area contributed by atoms with E-state index in [0.717, 1.165) is 24.8 Å². The van der Waals surface area contributed by atoms with Crippen molar-refractivity contribution in [2.45, 2.75) is 64.2 Å². The molecule has 1 atom stereocenters. The van der Waals surface area contributed by atoms with Crippen LogP contribution in [0.2, 0.25) is 0 Å². The molecule has 0 aliphatic heterocycles. The first-order valence-electron chi connectivity index (χ1n) is 10.7. The number of nitrogens with one attached hydrogen (secondary N) is 1. The number of rotatable bonds is 5. The van der Waals surface area contributed by atoms with Crippen LogP contribution in [0.3, 0.4) is 0 Å². The molecule has 1 aromatic carbocycles. The third-order valence-corrected chi connectivity index (χ3v) is 7.37. The van der Waals surface area contributed by atoms with E-state index in [1.165, 1.54) is 42.5 Å². The molecule has 2 aromatic rings. The smallest absolute Gasteiger partial charge is 0.262 e. The number of fused-ring (bicyclic) bond motifs is 1. The van der Waals surface area contributed by atoms with E-state index in [2.05, 4.69) is 30.4 Å². The van der Waals surface area contributed by atoms with Crippen LogP contribution in [-0.2, 0) is 17.6 Å². The lowest BCUT2D eigenvalue weighted by atomic mass is 9.84. The van der Waals surface area contributed by atoms with E-state index < -0.39 is 0 Å². The van der Waals surface area contributed by atoms with Crippen molar-refractivity contribution in [3.8, 4) is 11.8 Å². The number of carbonyl (C=O) groups excluding carboxylic acids is 1. The van der Waals surface area contributed by atoms with Gasteiger partial charge in [0.2, 0.25) is 0 Å². The van der Waals surface area contributed by atoms with Crippen molar-refractivity contribution in [1.82, 2.24) is 0 Å². The molecule has 1 aromatic heterocycles. The van der Waals surface area contributed by atoms with Crippen molar-refractivity contribution in [3.05, 3.63) is 45.8 Å². The minimum absolute atomic E-state index is 0.0490. The van der Waals surface area contributed by atoms with Gasteiger partial charge in [-0.3, -0.25) is 4.79 Å². The maximum atomic E-state index is 12.4. The molecule has 0 bridgehead atoms. The molecule has 1 unspecified atom stereocenters. The van der Waals surface area contributed by atoms with Crippen LogP contribution in [-0.4, -0.2) is 12.5 Å². The van der Waals surface area contributed by atoms with Gasteiger partial charge in [0, 0.05) is 4.88 Å². The van der Waals surface area contributed by atoms with Crippen molar-refractivity contribution in [2.75, 3.05) is 11.9 Å². The van der Waals surface area contributed by atoms with Crippen LogP contribution < -0.4 is 10.1 Å². The fraction of sp³-hybridized carbons (Fsp3) is 0.500. The molecule has 1 N–H and O–H groups in total. The van der Waals surface area contributed by atoms with Gasteiger partial charge in [0.15, 0.2) is 6.61 Å². The summed E-state index contributed by atoms with van der Waals surface area (Å²) in [7, 11) is 0. The lowest BCUT2D eigenvalue weighted by Gasteiger charge is -2.22. The molecule has 0 spiro atoms. The molecule has 1 fully saturated rings. The number of nitrogens with zero attached hydrogens (tertiary/aromatic N) is 1. The van der Waals surface area contributed by atoms with Crippen molar-refractivity contribution >= 4 is 22.2 Å². The van der Waals surface area contributed by atoms with Gasteiger partial charge >= 0.3 is 0 Å². The topological polar surface area (TPSA) is 62.1 Å². The van der Waals surface area contributed by atoms with E-state index in [0.29, 0.717) is 28.1 Å². The molecule has 1 saturated carbocycles. The summed E-state index contributed by atoms with van der Waals surface area (Å²) in [5, 5.41) is 13.1. The summed E-state index contributed by atoms with van der Waals surface area (Å²) in [6, 6.07) is 10.5. The Hall–Kier alpha value is -2.32. The quantitative estimate of drug-likeness (QED) is 0.679. The Balaban J connectivity index is 1.34. The van der Waals surface area contributed by atoms with Crippen LogP contribution in [0, 0.1) is 17.2 Å². The molecular weight excluding hydrogens is 380 g/mol. The first-order valence-corrected chi connectivity index (χ1v) is 11.5. The molecule has 152 valence electrons. The Morgan fingerprint density at radius 3 is 2.69 bits per heavy atom. The third kappa shape index (κ3) is 4.64. The molecule has 0 saturated heterocycles. The van der Waals surface area contributed by atoms with Gasteiger partial charge in [-0.15, -0.1) is 11.3 Å². The van der Waals surface area contributed by atoms with Gasteiger partial charge in [-0.1, -0.05) is 38.3 Å². The highest BCUT2D eigenvalue weighted by atomic mass is 32.1. The Morgan fingerprint density at radius 1 is 1.21 bits per heavy atom. The van der Waals surface area contributed by atoms with E-state index >= 15 is 0 Å². The lowest BCUT2D eigenvalue weighted by molar-refractivity contribution is -0.118. The summed E-state index contributed by atoms with van der Waals surface area (Å²) < 4.78 is 5.68. The molecule has 0 radical (unpaired) electrons. The van der Waals surface area contributed by atoms with Gasteiger partial charge < -0.3 is 10.1 Å². The largest absolute Gasteiger partial charge is 0.484 e. The molecule has 2 aliphatic carbocycles. The van der Waals surface area contributed by atoms with Crippen LogP contribution >= 0.6 is 11.3 Å². The minimum Gasteiger partial charge on any atom is -0.484 e. The SMILES string of the molecule is CC1CCc2c(sc(NC(=O)COc3ccc(C4CCCCC4)cc3)c2C#N)C1. The average molecular weight is 409 g/mol. The summed E-state index contributed by atoms with van der Waals surface area (Å²) in [6.45, 7) is 2.19. The monoisotopic (exact) mass is 408 g/mol. The number of hydrogen-bond donors (Lipinski definition) is 1. The highest BCUT2D eigenvalue weighted by Crippen LogP contribution is 2.39. The maximum absolute atomic E-state index is 12.4. The first-order chi connectivity index (χ1) is 14.1. The zero-order valence-electron chi connectivity index (χ0n) is 17.0. The molecule has 5 heteroatoms. The summed E-state index contributed by atoms with van der Waals surface area (Å²) >= 11 is 1.55. The molecule has 2 aliphatic rings. The van der Waals surface area contributed by atoms with Gasteiger partial charge in [-0.2, -0.15) is 5.26 Å². The van der Waals surface area contributed by atoms with E-state index in [9.17, 15) is 10.1 Å². The number of carbonyl (C=O) groups is 1. The average Bonchev–Trinajstić information content (AvgIpc) is 3.09. The van der Waals surface area contributed by atoms with Crippen LogP contribution in [0.4, 0.5) is 5.00 Å². The molecule has 29 heavy (non-hydrogen) atoms. The lowest BCUT2D eigenvalue weighted by Crippen LogP contribution is -2.20. The Labute approximate surface area is 176 Å². The van der Waals surface area contributed by atoms with Crippen molar-refractivity contribution in [1.29, 1.82) is 5.26 Å².